The topological polar surface area (TPSA) is 95.9 Å². The summed E-state index contributed by atoms with van der Waals surface area (Å²) in [5.41, 5.74) is 6.10. The number of nitrogens with one attached hydrogen (secondary N) is 2. The SMILES string of the molecule is CCS(=O)(=O)N1CC[C@H](Nc2c(Br)cnc3[nH]c(-c4cc(C)n(-c5ccccc5Cl)c4C)nc23)C1. The van der Waals surface area contributed by atoms with Gasteiger partial charge in [-0.25, -0.2) is 18.4 Å². The van der Waals surface area contributed by atoms with Crippen molar-refractivity contribution in [3.05, 3.63) is 57.4 Å². The summed E-state index contributed by atoms with van der Waals surface area (Å²) in [5, 5.41) is 4.19. The first-order valence-electron chi connectivity index (χ1n) is 11.4. The van der Waals surface area contributed by atoms with E-state index in [-0.39, 0.29) is 11.8 Å². The van der Waals surface area contributed by atoms with Crippen molar-refractivity contribution in [2.24, 2.45) is 0 Å². The normalized spacial score (nSPS) is 16.9. The van der Waals surface area contributed by atoms with Gasteiger partial charge in [0.15, 0.2) is 5.65 Å². The van der Waals surface area contributed by atoms with Crippen molar-refractivity contribution >= 4 is 54.4 Å². The van der Waals surface area contributed by atoms with Crippen LogP contribution in [0.5, 0.6) is 0 Å². The van der Waals surface area contributed by atoms with Gasteiger partial charge in [0.05, 0.1) is 26.6 Å². The molecule has 1 saturated heterocycles. The van der Waals surface area contributed by atoms with Gasteiger partial charge in [-0.3, -0.25) is 0 Å². The molecule has 2 N–H and O–H groups in total. The first-order chi connectivity index (χ1) is 16.7. The highest BCUT2D eigenvalue weighted by Gasteiger charge is 2.31. The molecule has 1 fully saturated rings. The number of fused-ring (bicyclic) bond motifs is 1. The zero-order chi connectivity index (χ0) is 24.9. The molecule has 1 aliphatic heterocycles. The first kappa shape index (κ1) is 24.3. The van der Waals surface area contributed by atoms with Crippen LogP contribution in [0.1, 0.15) is 24.7 Å². The van der Waals surface area contributed by atoms with Crippen molar-refractivity contribution in [1.82, 2.24) is 23.8 Å². The van der Waals surface area contributed by atoms with Gasteiger partial charge in [0.2, 0.25) is 10.0 Å². The standard InChI is InChI=1S/C24H26BrClN6O2S/c1-4-35(33,34)31-10-9-16(13-31)28-21-18(25)12-27-24-22(21)29-23(30-24)17-11-14(2)32(15(17)3)20-8-6-5-7-19(20)26/h5-8,11-12,16H,4,9-10,13H2,1-3H3,(H2,27,28,29,30)/t16-/m0/s1. The molecule has 0 radical (unpaired) electrons. The number of para-hydroxylation sites is 1. The van der Waals surface area contributed by atoms with Gasteiger partial charge in [0.1, 0.15) is 11.3 Å². The molecule has 0 amide bonds. The largest absolute Gasteiger partial charge is 0.378 e. The number of rotatable bonds is 6. The van der Waals surface area contributed by atoms with Gasteiger partial charge in [0.25, 0.3) is 0 Å². The van der Waals surface area contributed by atoms with Crippen molar-refractivity contribution in [3.63, 3.8) is 0 Å². The monoisotopic (exact) mass is 576 g/mol. The molecular formula is C24H26BrClN6O2S. The zero-order valence-corrected chi connectivity index (χ0v) is 22.8. The molecule has 184 valence electrons. The summed E-state index contributed by atoms with van der Waals surface area (Å²) >= 11 is 10.1. The maximum absolute atomic E-state index is 12.3. The van der Waals surface area contributed by atoms with E-state index in [1.807, 2.05) is 38.1 Å². The van der Waals surface area contributed by atoms with Crippen molar-refractivity contribution in [2.45, 2.75) is 33.2 Å². The molecule has 11 heteroatoms. The molecule has 3 aromatic heterocycles. The van der Waals surface area contributed by atoms with Gasteiger partial charge in [-0.2, -0.15) is 4.31 Å². The summed E-state index contributed by atoms with van der Waals surface area (Å²) in [6, 6.07) is 9.84. The molecule has 1 atom stereocenters. The summed E-state index contributed by atoms with van der Waals surface area (Å²) in [6.07, 6.45) is 2.46. The second-order valence-electron chi connectivity index (χ2n) is 8.72. The van der Waals surface area contributed by atoms with Crippen molar-refractivity contribution in [2.75, 3.05) is 24.2 Å². The minimum atomic E-state index is -3.20. The average molecular weight is 578 g/mol. The Morgan fingerprint density at radius 1 is 1.29 bits per heavy atom. The van der Waals surface area contributed by atoms with Gasteiger partial charge < -0.3 is 14.9 Å². The number of halogens is 2. The van der Waals surface area contributed by atoms with E-state index in [1.165, 1.54) is 0 Å². The van der Waals surface area contributed by atoms with Gasteiger partial charge in [-0.15, -0.1) is 0 Å². The van der Waals surface area contributed by atoms with E-state index >= 15 is 0 Å². The molecule has 8 nitrogen and oxygen atoms in total. The highest BCUT2D eigenvalue weighted by atomic mass is 79.9. The van der Waals surface area contributed by atoms with Gasteiger partial charge in [0, 0.05) is 42.3 Å². The number of H-pyrrole nitrogens is 1. The number of imidazole rings is 1. The van der Waals surface area contributed by atoms with Crippen LogP contribution < -0.4 is 5.32 Å². The van der Waals surface area contributed by atoms with Crippen LogP contribution in [0.3, 0.4) is 0 Å². The maximum atomic E-state index is 12.3. The van der Waals surface area contributed by atoms with Crippen LogP contribution in [0.15, 0.2) is 41.0 Å². The Bertz CT molecular complexity index is 1530. The van der Waals surface area contributed by atoms with E-state index in [4.69, 9.17) is 16.6 Å². The molecule has 1 aliphatic rings. The molecule has 0 saturated carbocycles. The van der Waals surface area contributed by atoms with Gasteiger partial charge in [-0.1, -0.05) is 23.7 Å². The third-order valence-corrected chi connectivity index (χ3v) is 9.27. The highest BCUT2D eigenvalue weighted by molar-refractivity contribution is 9.10. The number of benzene rings is 1. The lowest BCUT2D eigenvalue weighted by Gasteiger charge is -2.17. The molecule has 4 heterocycles. The molecule has 0 unspecified atom stereocenters. The lowest BCUT2D eigenvalue weighted by atomic mass is 10.2. The maximum Gasteiger partial charge on any atom is 0.213 e. The number of nitrogens with zero attached hydrogens (tertiary/aromatic N) is 4. The van der Waals surface area contributed by atoms with Crippen LogP contribution in [0, 0.1) is 13.8 Å². The summed E-state index contributed by atoms with van der Waals surface area (Å²) in [6.45, 7) is 6.71. The third-order valence-electron chi connectivity index (χ3n) is 6.50. The number of hydrogen-bond donors (Lipinski definition) is 2. The number of aromatic amines is 1. The molecule has 1 aromatic carbocycles. The number of aromatic nitrogens is 4. The third kappa shape index (κ3) is 4.37. The summed E-state index contributed by atoms with van der Waals surface area (Å²) < 4.78 is 29.0. The Morgan fingerprint density at radius 3 is 2.80 bits per heavy atom. The Kier molecular flexibility index (Phi) is 6.41. The minimum Gasteiger partial charge on any atom is -0.378 e. The smallest absolute Gasteiger partial charge is 0.213 e. The predicted octanol–water partition coefficient (Wildman–Crippen LogP) is 5.28. The fourth-order valence-corrected chi connectivity index (χ4v) is 6.47. The number of anilines is 1. The fraction of sp³-hybridized carbons (Fsp3) is 0.333. The first-order valence-corrected chi connectivity index (χ1v) is 14.2. The van der Waals surface area contributed by atoms with E-state index in [2.05, 4.69) is 41.8 Å². The second kappa shape index (κ2) is 9.24. The van der Waals surface area contributed by atoms with E-state index in [9.17, 15) is 8.42 Å². The Balaban J connectivity index is 1.51. The van der Waals surface area contributed by atoms with Gasteiger partial charge >= 0.3 is 0 Å². The van der Waals surface area contributed by atoms with Crippen LogP contribution >= 0.6 is 27.5 Å². The van der Waals surface area contributed by atoms with Crippen molar-refractivity contribution in [3.8, 4) is 17.1 Å². The fourth-order valence-electron chi connectivity index (χ4n) is 4.69. The van der Waals surface area contributed by atoms with E-state index in [1.54, 1.807) is 17.4 Å². The number of aryl methyl sites for hydroxylation is 1. The van der Waals surface area contributed by atoms with Crippen LogP contribution in [-0.4, -0.2) is 57.1 Å². The van der Waals surface area contributed by atoms with Crippen LogP contribution in [0.4, 0.5) is 5.69 Å². The lowest BCUT2D eigenvalue weighted by Crippen LogP contribution is -2.32. The number of sulfonamides is 1. The van der Waals surface area contributed by atoms with E-state index in [0.717, 1.165) is 39.2 Å². The molecule has 35 heavy (non-hydrogen) atoms. The van der Waals surface area contributed by atoms with Crippen LogP contribution in [0.2, 0.25) is 5.02 Å². The van der Waals surface area contributed by atoms with Crippen molar-refractivity contribution in [1.29, 1.82) is 0 Å². The lowest BCUT2D eigenvalue weighted by molar-refractivity contribution is 0.476. The van der Waals surface area contributed by atoms with E-state index < -0.39 is 10.0 Å². The Morgan fingerprint density at radius 2 is 2.06 bits per heavy atom. The summed E-state index contributed by atoms with van der Waals surface area (Å²) in [5.74, 6) is 0.819. The Hall–Kier alpha value is -2.40. The minimum absolute atomic E-state index is 0.0105. The quantitative estimate of drug-likeness (QED) is 0.325. The summed E-state index contributed by atoms with van der Waals surface area (Å²) in [7, 11) is -3.20. The molecule has 0 bridgehead atoms. The van der Waals surface area contributed by atoms with Gasteiger partial charge in [-0.05, 0) is 61.3 Å². The van der Waals surface area contributed by atoms with Crippen molar-refractivity contribution < 1.29 is 8.42 Å². The molecule has 4 aromatic rings. The van der Waals surface area contributed by atoms with Crippen LogP contribution in [-0.2, 0) is 10.0 Å². The predicted molar refractivity (Wildman–Crippen MR) is 144 cm³/mol. The number of hydrogen-bond acceptors (Lipinski definition) is 5. The highest BCUT2D eigenvalue weighted by Crippen LogP contribution is 2.35. The van der Waals surface area contributed by atoms with Crippen LogP contribution in [0.25, 0.3) is 28.2 Å². The molecular weight excluding hydrogens is 552 g/mol. The number of pyridine rings is 1. The Labute approximate surface area is 217 Å². The summed E-state index contributed by atoms with van der Waals surface area (Å²) in [4.78, 5) is 12.8. The zero-order valence-electron chi connectivity index (χ0n) is 19.6. The molecule has 0 aliphatic carbocycles. The van der Waals surface area contributed by atoms with E-state index in [0.29, 0.717) is 35.1 Å². The molecule has 5 rings (SSSR count). The second-order valence-corrected chi connectivity index (χ2v) is 12.2. The molecule has 0 spiro atoms. The average Bonchev–Trinajstić information content (AvgIpc) is 3.54.